The molecule has 2 aliphatic rings. The van der Waals surface area contributed by atoms with Crippen LogP contribution in [0.4, 0.5) is 0 Å². The zero-order valence-corrected chi connectivity index (χ0v) is 22.0. The highest BCUT2D eigenvalue weighted by molar-refractivity contribution is 14.0. The maximum atomic E-state index is 5.73. The summed E-state index contributed by atoms with van der Waals surface area (Å²) < 4.78 is 21.7. The number of halogens is 1. The zero-order chi connectivity index (χ0) is 21.9. The molecule has 0 aromatic heterocycles. The number of hydrogen-bond acceptors (Lipinski definition) is 6. The summed E-state index contributed by atoms with van der Waals surface area (Å²) in [7, 11) is 5.26. The van der Waals surface area contributed by atoms with Crippen LogP contribution in [0.5, 0.6) is 5.75 Å². The number of rotatable bonds is 10. The molecule has 9 heteroatoms. The van der Waals surface area contributed by atoms with Crippen molar-refractivity contribution in [1.82, 2.24) is 15.1 Å². The van der Waals surface area contributed by atoms with Gasteiger partial charge in [-0.25, -0.2) is 0 Å². The Balaban J connectivity index is 0.00000363. The number of aliphatic imine (C=N–C) groups is 1. The smallest absolute Gasteiger partial charge is 0.193 e. The molecule has 2 unspecified atom stereocenters. The number of hydrogen-bond donors (Lipinski definition) is 1. The van der Waals surface area contributed by atoms with Crippen LogP contribution in [0, 0.1) is 5.92 Å². The fourth-order valence-electron chi connectivity index (χ4n) is 4.25. The molecule has 1 aromatic rings. The first kappa shape index (κ1) is 27.1. The van der Waals surface area contributed by atoms with E-state index in [1.165, 1.54) is 5.56 Å². The van der Waals surface area contributed by atoms with Crippen LogP contribution in [0.15, 0.2) is 29.3 Å². The molecule has 3 rings (SSSR count). The van der Waals surface area contributed by atoms with Gasteiger partial charge in [0.25, 0.3) is 0 Å². The molecule has 0 saturated carbocycles. The van der Waals surface area contributed by atoms with Crippen molar-refractivity contribution in [2.24, 2.45) is 10.9 Å². The second-order valence-corrected chi connectivity index (χ2v) is 8.03. The fraction of sp³-hybridized carbons (Fsp3) is 0.696. The third kappa shape index (κ3) is 8.02. The molecule has 2 atom stereocenters. The van der Waals surface area contributed by atoms with Crippen LogP contribution in [0.25, 0.3) is 0 Å². The first-order valence-electron chi connectivity index (χ1n) is 11.2. The fourth-order valence-corrected chi connectivity index (χ4v) is 4.25. The van der Waals surface area contributed by atoms with Crippen molar-refractivity contribution in [3.05, 3.63) is 29.8 Å². The Labute approximate surface area is 209 Å². The van der Waals surface area contributed by atoms with Crippen LogP contribution >= 0.6 is 24.0 Å². The molecule has 2 aliphatic heterocycles. The van der Waals surface area contributed by atoms with E-state index in [9.17, 15) is 0 Å². The van der Waals surface area contributed by atoms with Crippen molar-refractivity contribution >= 4 is 29.9 Å². The van der Waals surface area contributed by atoms with E-state index in [1.807, 2.05) is 19.2 Å². The van der Waals surface area contributed by atoms with E-state index in [-0.39, 0.29) is 30.0 Å². The maximum absolute atomic E-state index is 5.73. The highest BCUT2D eigenvalue weighted by atomic mass is 127. The molecule has 2 fully saturated rings. The van der Waals surface area contributed by atoms with Crippen LogP contribution < -0.4 is 10.1 Å². The van der Waals surface area contributed by atoms with Gasteiger partial charge in [0.15, 0.2) is 5.96 Å². The largest absolute Gasteiger partial charge is 0.497 e. The van der Waals surface area contributed by atoms with Gasteiger partial charge in [-0.3, -0.25) is 9.89 Å². The first-order chi connectivity index (χ1) is 15.2. The number of nitrogens with one attached hydrogen (secondary N) is 1. The Morgan fingerprint density at radius 1 is 1.16 bits per heavy atom. The Bertz CT molecular complexity index is 670. The minimum Gasteiger partial charge on any atom is -0.497 e. The lowest BCUT2D eigenvalue weighted by atomic mass is 10.0. The molecule has 2 heterocycles. The summed E-state index contributed by atoms with van der Waals surface area (Å²) in [6.07, 6.45) is 1.12. The lowest BCUT2D eigenvalue weighted by Gasteiger charge is -2.35. The zero-order valence-electron chi connectivity index (χ0n) is 19.6. The molecule has 2 saturated heterocycles. The third-order valence-corrected chi connectivity index (χ3v) is 6.02. The first-order valence-corrected chi connectivity index (χ1v) is 11.2. The molecule has 0 aliphatic carbocycles. The summed E-state index contributed by atoms with van der Waals surface area (Å²) in [5.74, 6) is 2.38. The minimum absolute atomic E-state index is 0. The van der Waals surface area contributed by atoms with Gasteiger partial charge in [-0.05, 0) is 24.1 Å². The summed E-state index contributed by atoms with van der Waals surface area (Å²) in [5.41, 5.74) is 1.27. The van der Waals surface area contributed by atoms with Crippen molar-refractivity contribution in [2.45, 2.75) is 12.5 Å². The molecule has 8 nitrogen and oxygen atoms in total. The van der Waals surface area contributed by atoms with Gasteiger partial charge in [-0.15, -0.1) is 24.0 Å². The Morgan fingerprint density at radius 2 is 1.91 bits per heavy atom. The lowest BCUT2D eigenvalue weighted by Crippen LogP contribution is -2.47. The van der Waals surface area contributed by atoms with Gasteiger partial charge in [0.05, 0.1) is 46.2 Å². The van der Waals surface area contributed by atoms with Gasteiger partial charge in [0, 0.05) is 52.8 Å². The van der Waals surface area contributed by atoms with E-state index >= 15 is 0 Å². The van der Waals surface area contributed by atoms with Crippen molar-refractivity contribution < 1.29 is 18.9 Å². The van der Waals surface area contributed by atoms with Crippen molar-refractivity contribution in [3.63, 3.8) is 0 Å². The van der Waals surface area contributed by atoms with E-state index < -0.39 is 0 Å². The monoisotopic (exact) mass is 562 g/mol. The van der Waals surface area contributed by atoms with Crippen LogP contribution in [0.2, 0.25) is 0 Å². The second-order valence-electron chi connectivity index (χ2n) is 8.03. The van der Waals surface area contributed by atoms with Gasteiger partial charge in [-0.2, -0.15) is 0 Å². The highest BCUT2D eigenvalue weighted by Crippen LogP contribution is 2.24. The van der Waals surface area contributed by atoms with Gasteiger partial charge in [0.2, 0.25) is 0 Å². The molecule has 1 aromatic carbocycles. The van der Waals surface area contributed by atoms with Gasteiger partial charge in [-0.1, -0.05) is 12.1 Å². The molecular formula is C23H39IN4O4. The normalized spacial score (nSPS) is 20.7. The number of morpholine rings is 1. The molecule has 0 spiro atoms. The van der Waals surface area contributed by atoms with E-state index in [0.717, 1.165) is 70.7 Å². The third-order valence-electron chi connectivity index (χ3n) is 6.02. The van der Waals surface area contributed by atoms with Crippen molar-refractivity contribution in [1.29, 1.82) is 0 Å². The minimum atomic E-state index is 0. The predicted octanol–water partition coefficient (Wildman–Crippen LogP) is 2.25. The molecular weight excluding hydrogens is 523 g/mol. The molecule has 0 radical (unpaired) electrons. The number of benzene rings is 1. The summed E-state index contributed by atoms with van der Waals surface area (Å²) in [6.45, 7) is 8.26. The van der Waals surface area contributed by atoms with Gasteiger partial charge in [0.1, 0.15) is 5.75 Å². The molecule has 0 amide bonds. The summed E-state index contributed by atoms with van der Waals surface area (Å²) >= 11 is 0. The maximum Gasteiger partial charge on any atom is 0.193 e. The van der Waals surface area contributed by atoms with E-state index in [1.54, 1.807) is 14.2 Å². The topological polar surface area (TPSA) is 67.8 Å². The quantitative estimate of drug-likeness (QED) is 0.203. The lowest BCUT2D eigenvalue weighted by molar-refractivity contribution is 0.0169. The number of nitrogens with zero attached hydrogens (tertiary/aromatic N) is 3. The Kier molecular flexibility index (Phi) is 12.6. The average molecular weight is 562 g/mol. The molecule has 0 bridgehead atoms. The number of ether oxygens (including phenoxy) is 4. The number of methoxy groups -OCH3 is 2. The molecule has 182 valence electrons. The standard InChI is InChI=1S/C23H38N4O4.HI/c1-24-23(27-9-8-19(17-27)18-31-15-14-28-2)25-16-22(26-10-12-30-13-11-26)20-4-6-21(29-3)7-5-20;/h4-7,19,22H,8-18H2,1-3H3,(H,24,25);1H. The van der Waals surface area contributed by atoms with Gasteiger partial charge >= 0.3 is 0 Å². The SMILES string of the molecule is CN=C(NCC(c1ccc(OC)cc1)N1CCOCC1)N1CCC(COCCOC)C1.I. The number of likely N-dealkylation sites (tertiary alicyclic amines) is 1. The van der Waals surface area contributed by atoms with Crippen LogP contribution in [-0.2, 0) is 14.2 Å². The van der Waals surface area contributed by atoms with E-state index in [2.05, 4.69) is 32.2 Å². The van der Waals surface area contributed by atoms with E-state index in [4.69, 9.17) is 18.9 Å². The van der Waals surface area contributed by atoms with Crippen LogP contribution in [0.3, 0.4) is 0 Å². The molecule has 32 heavy (non-hydrogen) atoms. The van der Waals surface area contributed by atoms with E-state index in [0.29, 0.717) is 19.1 Å². The Hall–Kier alpha value is -1.14. The van der Waals surface area contributed by atoms with Crippen molar-refractivity contribution in [2.75, 3.05) is 87.0 Å². The number of guanidine groups is 1. The highest BCUT2D eigenvalue weighted by Gasteiger charge is 2.27. The average Bonchev–Trinajstić information content (AvgIpc) is 3.29. The van der Waals surface area contributed by atoms with Crippen LogP contribution in [0.1, 0.15) is 18.0 Å². The Morgan fingerprint density at radius 3 is 2.56 bits per heavy atom. The predicted molar refractivity (Wildman–Crippen MR) is 137 cm³/mol. The second kappa shape index (κ2) is 14.9. The molecule has 1 N–H and O–H groups in total. The summed E-state index contributed by atoms with van der Waals surface area (Å²) in [5, 5.41) is 3.63. The van der Waals surface area contributed by atoms with Crippen LogP contribution in [-0.4, -0.2) is 103 Å². The summed E-state index contributed by atoms with van der Waals surface area (Å²) in [4.78, 5) is 9.39. The van der Waals surface area contributed by atoms with Crippen molar-refractivity contribution in [3.8, 4) is 5.75 Å². The summed E-state index contributed by atoms with van der Waals surface area (Å²) in [6, 6.07) is 8.64. The van der Waals surface area contributed by atoms with Gasteiger partial charge < -0.3 is 29.2 Å².